The SMILES string of the molecule is CC(C)(C)[Si](OC[C@H]1O[C@@H]1C[C@H](O)C1C[C@H]2OCCC[C@@H]2O1)(c1ccccc1)c1ccccc1. The van der Waals surface area contributed by atoms with Gasteiger partial charge in [0.2, 0.25) is 0 Å². The van der Waals surface area contributed by atoms with Crippen LogP contribution >= 0.6 is 0 Å². The van der Waals surface area contributed by atoms with E-state index in [1.54, 1.807) is 0 Å². The standard InChI is InChI=1S/C28H38O5Si/c1-28(2,3)34(20-11-6-4-7-12-20,21-13-8-5-9-14-21)31-19-27-26(33-27)17-22(29)24-18-25-23(32-24)15-10-16-30-25/h4-9,11-14,22-27,29H,10,15-19H2,1-3H3/t22-,23-,24?,25+,26+,27+/m0/s1. The molecule has 3 fully saturated rings. The molecule has 5 nitrogen and oxygen atoms in total. The molecule has 1 N–H and O–H groups in total. The van der Waals surface area contributed by atoms with Gasteiger partial charge in [-0.05, 0) is 28.3 Å². The molecule has 1 unspecified atom stereocenters. The highest BCUT2D eigenvalue weighted by Gasteiger charge is 2.52. The lowest BCUT2D eigenvalue weighted by Gasteiger charge is -2.43. The number of hydrogen-bond donors (Lipinski definition) is 1. The van der Waals surface area contributed by atoms with Crippen LogP contribution < -0.4 is 10.4 Å². The molecule has 6 heteroatoms. The van der Waals surface area contributed by atoms with Crippen molar-refractivity contribution in [3.8, 4) is 0 Å². The van der Waals surface area contributed by atoms with Crippen molar-refractivity contribution in [2.24, 2.45) is 0 Å². The molecule has 184 valence electrons. The summed E-state index contributed by atoms with van der Waals surface area (Å²) < 4.78 is 24.9. The van der Waals surface area contributed by atoms with Crippen LogP contribution in [-0.4, -0.2) is 63.3 Å². The highest BCUT2D eigenvalue weighted by atomic mass is 28.4. The number of hydrogen-bond acceptors (Lipinski definition) is 5. The third-order valence-corrected chi connectivity index (χ3v) is 12.7. The number of epoxide rings is 1. The van der Waals surface area contributed by atoms with Gasteiger partial charge in [0.25, 0.3) is 8.32 Å². The summed E-state index contributed by atoms with van der Waals surface area (Å²) in [7, 11) is -2.57. The summed E-state index contributed by atoms with van der Waals surface area (Å²) in [4.78, 5) is 0. The highest BCUT2D eigenvalue weighted by Crippen LogP contribution is 2.39. The smallest absolute Gasteiger partial charge is 0.261 e. The minimum absolute atomic E-state index is 0.0104. The van der Waals surface area contributed by atoms with E-state index in [9.17, 15) is 5.11 Å². The van der Waals surface area contributed by atoms with Crippen molar-refractivity contribution < 1.29 is 23.7 Å². The van der Waals surface area contributed by atoms with E-state index in [0.717, 1.165) is 25.9 Å². The van der Waals surface area contributed by atoms with Gasteiger partial charge in [0.05, 0.1) is 37.1 Å². The summed E-state index contributed by atoms with van der Waals surface area (Å²) >= 11 is 0. The molecule has 2 aromatic carbocycles. The van der Waals surface area contributed by atoms with Gasteiger partial charge in [-0.15, -0.1) is 0 Å². The van der Waals surface area contributed by atoms with Gasteiger partial charge in [-0.2, -0.15) is 0 Å². The molecule has 3 saturated heterocycles. The fourth-order valence-electron chi connectivity index (χ4n) is 5.84. The van der Waals surface area contributed by atoms with E-state index < -0.39 is 14.4 Å². The minimum Gasteiger partial charge on any atom is -0.405 e. The van der Waals surface area contributed by atoms with Crippen LogP contribution in [-0.2, 0) is 18.6 Å². The molecule has 0 amide bonds. The largest absolute Gasteiger partial charge is 0.405 e. The second-order valence-electron chi connectivity index (χ2n) is 11.0. The Kier molecular flexibility index (Phi) is 6.99. The van der Waals surface area contributed by atoms with E-state index in [1.165, 1.54) is 10.4 Å². The Balaban J connectivity index is 1.26. The predicted molar refractivity (Wildman–Crippen MR) is 135 cm³/mol. The highest BCUT2D eigenvalue weighted by molar-refractivity contribution is 6.99. The van der Waals surface area contributed by atoms with E-state index in [1.807, 2.05) is 0 Å². The van der Waals surface area contributed by atoms with Crippen molar-refractivity contribution in [1.82, 2.24) is 0 Å². The molecule has 0 aliphatic carbocycles. The molecule has 0 spiro atoms. The van der Waals surface area contributed by atoms with E-state index in [0.29, 0.717) is 13.0 Å². The summed E-state index contributed by atoms with van der Waals surface area (Å²) in [6, 6.07) is 21.4. The lowest BCUT2D eigenvalue weighted by molar-refractivity contribution is -0.0787. The van der Waals surface area contributed by atoms with Crippen molar-refractivity contribution in [3.05, 3.63) is 60.7 Å². The van der Waals surface area contributed by atoms with E-state index in [4.69, 9.17) is 18.6 Å². The first-order valence-electron chi connectivity index (χ1n) is 12.7. The van der Waals surface area contributed by atoms with Crippen LogP contribution in [0, 0.1) is 0 Å². The fraction of sp³-hybridized carbons (Fsp3) is 0.571. The molecule has 6 atom stereocenters. The molecular formula is C28H38O5Si. The summed E-state index contributed by atoms with van der Waals surface area (Å²) in [6.45, 7) is 8.19. The zero-order chi connectivity index (χ0) is 23.8. The summed E-state index contributed by atoms with van der Waals surface area (Å²) in [6.07, 6.45) is 3.05. The Morgan fingerprint density at radius 3 is 2.18 bits per heavy atom. The molecule has 0 aromatic heterocycles. The van der Waals surface area contributed by atoms with E-state index in [-0.39, 0.29) is 35.6 Å². The Bertz CT molecular complexity index is 877. The van der Waals surface area contributed by atoms with Crippen LogP contribution in [0.1, 0.15) is 46.5 Å². The molecule has 34 heavy (non-hydrogen) atoms. The van der Waals surface area contributed by atoms with Crippen LogP contribution in [0.4, 0.5) is 0 Å². The van der Waals surface area contributed by atoms with Gasteiger partial charge in [-0.3, -0.25) is 0 Å². The monoisotopic (exact) mass is 482 g/mol. The zero-order valence-electron chi connectivity index (χ0n) is 20.6. The van der Waals surface area contributed by atoms with Gasteiger partial charge in [-0.1, -0.05) is 81.4 Å². The number of fused-ring (bicyclic) bond motifs is 1. The third-order valence-electron chi connectivity index (χ3n) is 7.67. The van der Waals surface area contributed by atoms with Gasteiger partial charge in [0.1, 0.15) is 6.10 Å². The zero-order valence-corrected chi connectivity index (χ0v) is 21.6. The number of aliphatic hydroxyl groups is 1. The second-order valence-corrected chi connectivity index (χ2v) is 15.3. The van der Waals surface area contributed by atoms with Crippen LogP contribution in [0.3, 0.4) is 0 Å². The quantitative estimate of drug-likeness (QED) is 0.462. The lowest BCUT2D eigenvalue weighted by Crippen LogP contribution is -2.66. The molecule has 0 bridgehead atoms. The summed E-state index contributed by atoms with van der Waals surface area (Å²) in [5.74, 6) is 0. The van der Waals surface area contributed by atoms with Crippen LogP contribution in [0.2, 0.25) is 5.04 Å². The summed E-state index contributed by atoms with van der Waals surface area (Å²) in [5, 5.41) is 13.3. The van der Waals surface area contributed by atoms with Gasteiger partial charge in [0.15, 0.2) is 0 Å². The average molecular weight is 483 g/mol. The first kappa shape index (κ1) is 24.2. The number of rotatable bonds is 8. The first-order chi connectivity index (χ1) is 16.4. The Labute approximate surface area is 204 Å². The number of ether oxygens (including phenoxy) is 3. The van der Waals surface area contributed by atoms with E-state index in [2.05, 4.69) is 81.4 Å². The predicted octanol–water partition coefficient (Wildman–Crippen LogP) is 3.42. The normalized spacial score (nSPS) is 30.1. The topological polar surface area (TPSA) is 60.5 Å². The second kappa shape index (κ2) is 9.84. The molecule has 3 heterocycles. The maximum absolute atomic E-state index is 10.8. The molecule has 0 radical (unpaired) electrons. The Hall–Kier alpha value is -1.54. The van der Waals surface area contributed by atoms with Crippen LogP contribution in [0.25, 0.3) is 0 Å². The third kappa shape index (κ3) is 4.77. The summed E-state index contributed by atoms with van der Waals surface area (Å²) in [5.41, 5.74) is 0. The average Bonchev–Trinajstić information content (AvgIpc) is 3.42. The molecule has 3 aliphatic rings. The lowest BCUT2D eigenvalue weighted by atomic mass is 10.0. The van der Waals surface area contributed by atoms with Crippen molar-refractivity contribution in [2.75, 3.05) is 13.2 Å². The first-order valence-corrected chi connectivity index (χ1v) is 14.6. The van der Waals surface area contributed by atoms with Crippen LogP contribution in [0.15, 0.2) is 60.7 Å². The maximum atomic E-state index is 10.8. The van der Waals surface area contributed by atoms with E-state index >= 15 is 0 Å². The Morgan fingerprint density at radius 2 is 1.59 bits per heavy atom. The maximum Gasteiger partial charge on any atom is 0.261 e. The van der Waals surface area contributed by atoms with Gasteiger partial charge < -0.3 is 23.7 Å². The fourth-order valence-corrected chi connectivity index (χ4v) is 10.4. The molecular weight excluding hydrogens is 444 g/mol. The van der Waals surface area contributed by atoms with Gasteiger partial charge in [0, 0.05) is 19.4 Å². The van der Waals surface area contributed by atoms with Gasteiger partial charge >= 0.3 is 0 Å². The molecule has 2 aromatic rings. The van der Waals surface area contributed by atoms with Crippen molar-refractivity contribution in [2.45, 2.75) is 88.1 Å². The number of aliphatic hydroxyl groups excluding tert-OH is 1. The molecule has 3 aliphatic heterocycles. The van der Waals surface area contributed by atoms with Gasteiger partial charge in [-0.25, -0.2) is 0 Å². The van der Waals surface area contributed by atoms with Crippen molar-refractivity contribution in [3.63, 3.8) is 0 Å². The Morgan fingerprint density at radius 1 is 0.941 bits per heavy atom. The van der Waals surface area contributed by atoms with Crippen molar-refractivity contribution in [1.29, 1.82) is 0 Å². The number of benzene rings is 2. The van der Waals surface area contributed by atoms with Crippen LogP contribution in [0.5, 0.6) is 0 Å². The minimum atomic E-state index is -2.57. The molecule has 0 saturated carbocycles. The van der Waals surface area contributed by atoms with Crippen molar-refractivity contribution >= 4 is 18.7 Å². The molecule has 5 rings (SSSR count).